The molecule has 4 rings (SSSR count). The number of pyridine rings is 1. The summed E-state index contributed by atoms with van der Waals surface area (Å²) in [6.45, 7) is 0.982. The number of aromatic amines is 1. The van der Waals surface area contributed by atoms with Crippen molar-refractivity contribution in [2.24, 2.45) is 5.92 Å². The zero-order valence-corrected chi connectivity index (χ0v) is 15.5. The minimum Gasteiger partial charge on any atom is -0.342 e. The van der Waals surface area contributed by atoms with Gasteiger partial charge in [0.15, 0.2) is 9.84 Å². The molecule has 8 nitrogen and oxygen atoms in total. The van der Waals surface area contributed by atoms with Crippen LogP contribution in [-0.2, 0) is 14.6 Å². The predicted molar refractivity (Wildman–Crippen MR) is 98.8 cm³/mol. The second-order valence-corrected chi connectivity index (χ2v) is 9.36. The highest BCUT2D eigenvalue weighted by Gasteiger charge is 2.38. The summed E-state index contributed by atoms with van der Waals surface area (Å²) in [4.78, 5) is 37.8. The molecule has 2 aliphatic rings. The van der Waals surface area contributed by atoms with E-state index in [1.54, 1.807) is 23.4 Å². The first kappa shape index (κ1) is 17.8. The van der Waals surface area contributed by atoms with Crippen molar-refractivity contribution in [3.63, 3.8) is 0 Å². The summed E-state index contributed by atoms with van der Waals surface area (Å²) in [6, 6.07) is 5.05. The van der Waals surface area contributed by atoms with Crippen molar-refractivity contribution >= 4 is 15.7 Å². The molecule has 27 heavy (non-hydrogen) atoms. The van der Waals surface area contributed by atoms with Gasteiger partial charge in [-0.25, -0.2) is 13.4 Å². The van der Waals surface area contributed by atoms with E-state index in [2.05, 4.69) is 15.0 Å². The van der Waals surface area contributed by atoms with Gasteiger partial charge < -0.3 is 9.88 Å². The second-order valence-electron chi connectivity index (χ2n) is 7.13. The van der Waals surface area contributed by atoms with Crippen molar-refractivity contribution in [3.8, 4) is 11.3 Å². The summed E-state index contributed by atoms with van der Waals surface area (Å²) in [5, 5.41) is 0. The first-order valence-electron chi connectivity index (χ1n) is 8.92. The summed E-state index contributed by atoms with van der Waals surface area (Å²) < 4.78 is 23.3. The van der Waals surface area contributed by atoms with E-state index in [0.717, 1.165) is 5.56 Å². The van der Waals surface area contributed by atoms with Crippen LogP contribution < -0.4 is 5.56 Å². The lowest BCUT2D eigenvalue weighted by Crippen LogP contribution is -2.35. The number of hydrogen-bond donors (Lipinski definition) is 1. The van der Waals surface area contributed by atoms with Crippen LogP contribution in [0.15, 0.2) is 35.4 Å². The lowest BCUT2D eigenvalue weighted by molar-refractivity contribution is -0.133. The van der Waals surface area contributed by atoms with Crippen LogP contribution in [0.2, 0.25) is 0 Å². The molecule has 1 amide bonds. The molecule has 2 atom stereocenters. The molecular weight excluding hydrogens is 368 g/mol. The Kier molecular flexibility index (Phi) is 4.55. The summed E-state index contributed by atoms with van der Waals surface area (Å²) in [7, 11) is -3.09. The smallest absolute Gasteiger partial charge is 0.251 e. The average molecular weight is 388 g/mol. The highest BCUT2D eigenvalue weighted by Crippen LogP contribution is 2.29. The van der Waals surface area contributed by atoms with Gasteiger partial charge in [-0.15, -0.1) is 0 Å². The standard InChI is InChI=1S/C18H20N4O4S/c23-16-8-15(12-2-1-5-19-9-12)20-17(21-16)13-3-6-22(10-13)18(24)14-4-7-27(25,26)11-14/h1-2,5,8-9,13-14H,3-4,6-7,10-11H2,(H,20,21,23). The Balaban J connectivity index is 1.52. The molecule has 0 spiro atoms. The molecule has 2 aliphatic heterocycles. The van der Waals surface area contributed by atoms with Crippen molar-refractivity contribution < 1.29 is 13.2 Å². The van der Waals surface area contributed by atoms with Crippen molar-refractivity contribution in [2.75, 3.05) is 24.6 Å². The largest absolute Gasteiger partial charge is 0.342 e. The number of carbonyl (C=O) groups is 1. The fourth-order valence-corrected chi connectivity index (χ4v) is 5.50. The third kappa shape index (κ3) is 3.78. The van der Waals surface area contributed by atoms with Gasteiger partial charge in [-0.05, 0) is 25.0 Å². The fourth-order valence-electron chi connectivity index (χ4n) is 3.76. The van der Waals surface area contributed by atoms with Crippen LogP contribution >= 0.6 is 0 Å². The van der Waals surface area contributed by atoms with Gasteiger partial charge in [0.25, 0.3) is 5.56 Å². The number of nitrogens with zero attached hydrogens (tertiary/aromatic N) is 3. The Labute approximate surface area is 156 Å². The third-order valence-electron chi connectivity index (χ3n) is 5.19. The number of H-pyrrole nitrogens is 1. The van der Waals surface area contributed by atoms with Gasteiger partial charge in [0.05, 0.1) is 23.1 Å². The van der Waals surface area contributed by atoms with Gasteiger partial charge in [-0.3, -0.25) is 14.6 Å². The van der Waals surface area contributed by atoms with Gasteiger partial charge >= 0.3 is 0 Å². The van der Waals surface area contributed by atoms with Crippen molar-refractivity contribution in [2.45, 2.75) is 18.8 Å². The second kappa shape index (κ2) is 6.88. The number of rotatable bonds is 3. The van der Waals surface area contributed by atoms with Crippen LogP contribution in [-0.4, -0.2) is 58.8 Å². The maximum absolute atomic E-state index is 12.6. The monoisotopic (exact) mass is 388 g/mol. The lowest BCUT2D eigenvalue weighted by atomic mass is 10.1. The molecule has 2 unspecified atom stereocenters. The molecule has 142 valence electrons. The number of aromatic nitrogens is 3. The highest BCUT2D eigenvalue weighted by atomic mass is 32.2. The number of carbonyl (C=O) groups excluding carboxylic acids is 1. The molecule has 2 saturated heterocycles. The molecular formula is C18H20N4O4S. The van der Waals surface area contributed by atoms with Gasteiger partial charge in [0.1, 0.15) is 5.82 Å². The summed E-state index contributed by atoms with van der Waals surface area (Å²) >= 11 is 0. The summed E-state index contributed by atoms with van der Waals surface area (Å²) in [5.74, 6) is -0.0415. The van der Waals surface area contributed by atoms with Crippen molar-refractivity contribution in [3.05, 3.63) is 46.8 Å². The van der Waals surface area contributed by atoms with E-state index in [0.29, 0.717) is 37.4 Å². The zero-order chi connectivity index (χ0) is 19.0. The Morgan fingerprint density at radius 1 is 1.30 bits per heavy atom. The van der Waals surface area contributed by atoms with Crippen molar-refractivity contribution in [1.29, 1.82) is 0 Å². The van der Waals surface area contributed by atoms with E-state index >= 15 is 0 Å². The number of nitrogens with one attached hydrogen (secondary N) is 1. The Hall–Kier alpha value is -2.55. The minimum atomic E-state index is -3.09. The number of likely N-dealkylation sites (tertiary alicyclic amines) is 1. The Morgan fingerprint density at radius 3 is 2.85 bits per heavy atom. The molecule has 0 saturated carbocycles. The minimum absolute atomic E-state index is 0.0570. The van der Waals surface area contributed by atoms with Gasteiger partial charge in [-0.2, -0.15) is 0 Å². The number of amides is 1. The molecule has 9 heteroatoms. The molecule has 2 aromatic heterocycles. The van der Waals surface area contributed by atoms with E-state index in [-0.39, 0.29) is 28.9 Å². The van der Waals surface area contributed by atoms with E-state index in [1.807, 2.05) is 6.07 Å². The van der Waals surface area contributed by atoms with Gasteiger partial charge in [-0.1, -0.05) is 0 Å². The first-order chi connectivity index (χ1) is 12.9. The fraction of sp³-hybridized carbons (Fsp3) is 0.444. The topological polar surface area (TPSA) is 113 Å². The maximum atomic E-state index is 12.6. The molecule has 0 radical (unpaired) electrons. The third-order valence-corrected chi connectivity index (χ3v) is 6.95. The van der Waals surface area contributed by atoms with Crippen LogP contribution in [0, 0.1) is 5.92 Å². The summed E-state index contributed by atoms with van der Waals surface area (Å²) in [5.41, 5.74) is 1.06. The molecule has 2 aromatic rings. The Bertz CT molecular complexity index is 1020. The van der Waals surface area contributed by atoms with E-state index < -0.39 is 15.8 Å². The van der Waals surface area contributed by atoms with Gasteiger partial charge in [0, 0.05) is 43.0 Å². The lowest BCUT2D eigenvalue weighted by Gasteiger charge is -2.19. The average Bonchev–Trinajstić information content (AvgIpc) is 3.28. The number of sulfone groups is 1. The normalized spacial score (nSPS) is 24.2. The quantitative estimate of drug-likeness (QED) is 0.823. The van der Waals surface area contributed by atoms with Gasteiger partial charge in [0.2, 0.25) is 5.91 Å². The molecule has 1 N–H and O–H groups in total. The van der Waals surface area contributed by atoms with E-state index in [9.17, 15) is 18.0 Å². The highest BCUT2D eigenvalue weighted by molar-refractivity contribution is 7.91. The van der Waals surface area contributed by atoms with Crippen LogP contribution in [0.4, 0.5) is 0 Å². The SMILES string of the molecule is O=C(C1CCS(=O)(=O)C1)N1CCC(c2nc(-c3cccnc3)cc(=O)[nH]2)C1. The van der Waals surface area contributed by atoms with E-state index in [4.69, 9.17) is 0 Å². The van der Waals surface area contributed by atoms with Crippen LogP contribution in [0.3, 0.4) is 0 Å². The number of hydrogen-bond acceptors (Lipinski definition) is 6. The molecule has 4 heterocycles. The first-order valence-corrected chi connectivity index (χ1v) is 10.7. The van der Waals surface area contributed by atoms with Crippen molar-refractivity contribution in [1.82, 2.24) is 19.9 Å². The van der Waals surface area contributed by atoms with E-state index in [1.165, 1.54) is 6.07 Å². The zero-order valence-electron chi connectivity index (χ0n) is 14.7. The summed E-state index contributed by atoms with van der Waals surface area (Å²) in [6.07, 6.45) is 4.39. The molecule has 0 aromatic carbocycles. The van der Waals surface area contributed by atoms with Crippen LogP contribution in [0.25, 0.3) is 11.3 Å². The molecule has 2 fully saturated rings. The molecule has 0 bridgehead atoms. The molecule has 0 aliphatic carbocycles. The van der Waals surface area contributed by atoms with Crippen LogP contribution in [0.5, 0.6) is 0 Å². The Morgan fingerprint density at radius 2 is 2.15 bits per heavy atom. The predicted octanol–water partition coefficient (Wildman–Crippen LogP) is 0.583. The maximum Gasteiger partial charge on any atom is 0.251 e. The van der Waals surface area contributed by atoms with Crippen LogP contribution in [0.1, 0.15) is 24.6 Å².